The fourth-order valence-electron chi connectivity index (χ4n) is 2.36. The van der Waals surface area contributed by atoms with Gasteiger partial charge < -0.3 is 0 Å². The molecule has 0 radical (unpaired) electrons. The predicted molar refractivity (Wildman–Crippen MR) is 89.6 cm³/mol. The summed E-state index contributed by atoms with van der Waals surface area (Å²) in [5.74, 6) is 5.69. The molecule has 0 amide bonds. The van der Waals surface area contributed by atoms with E-state index < -0.39 is 0 Å². The van der Waals surface area contributed by atoms with Gasteiger partial charge in [-0.05, 0) is 36.2 Å². The Kier molecular flexibility index (Phi) is 4.51. The summed E-state index contributed by atoms with van der Waals surface area (Å²) in [7, 11) is 0. The van der Waals surface area contributed by atoms with Gasteiger partial charge in [0.05, 0.1) is 15.2 Å². The summed E-state index contributed by atoms with van der Waals surface area (Å²) in [5, 5.41) is 1.85. The van der Waals surface area contributed by atoms with Gasteiger partial charge in [-0.15, -0.1) is 11.3 Å². The van der Waals surface area contributed by atoms with Crippen LogP contribution in [0.25, 0.3) is 10.2 Å². The zero-order chi connectivity index (χ0) is 14.7. The van der Waals surface area contributed by atoms with E-state index in [2.05, 4.69) is 22.5 Å². The molecule has 1 heterocycles. The topological polar surface area (TPSA) is 50.9 Å². The molecular formula is C16H16ClN3S. The van der Waals surface area contributed by atoms with Crippen LogP contribution in [-0.2, 0) is 12.8 Å². The molecule has 0 saturated heterocycles. The van der Waals surface area contributed by atoms with E-state index in [1.807, 2.05) is 36.4 Å². The van der Waals surface area contributed by atoms with Crippen molar-refractivity contribution in [3.8, 4) is 0 Å². The van der Waals surface area contributed by atoms with E-state index in [0.29, 0.717) is 0 Å². The van der Waals surface area contributed by atoms with Gasteiger partial charge in [0.15, 0.2) is 0 Å². The molecule has 1 atom stereocenters. The average Bonchev–Trinajstić information content (AvgIpc) is 2.89. The summed E-state index contributed by atoms with van der Waals surface area (Å²) in [6.07, 6.45) is 1.63. The van der Waals surface area contributed by atoms with Crippen LogP contribution in [0.4, 0.5) is 0 Å². The van der Waals surface area contributed by atoms with E-state index in [1.165, 1.54) is 10.3 Å². The number of nitrogens with two attached hydrogens (primary N) is 1. The van der Waals surface area contributed by atoms with E-state index in [-0.39, 0.29) is 6.04 Å². The summed E-state index contributed by atoms with van der Waals surface area (Å²) in [6.45, 7) is 0. The molecule has 0 saturated carbocycles. The summed E-state index contributed by atoms with van der Waals surface area (Å²) in [5.41, 5.74) is 5.11. The number of thiazole rings is 1. The van der Waals surface area contributed by atoms with Crippen molar-refractivity contribution < 1.29 is 0 Å². The van der Waals surface area contributed by atoms with Crippen molar-refractivity contribution >= 4 is 33.2 Å². The van der Waals surface area contributed by atoms with Crippen molar-refractivity contribution in [2.24, 2.45) is 5.84 Å². The maximum Gasteiger partial charge on any atom is 0.0954 e. The molecule has 1 unspecified atom stereocenters. The number of halogens is 1. The minimum Gasteiger partial charge on any atom is -0.271 e. The van der Waals surface area contributed by atoms with E-state index >= 15 is 0 Å². The number of rotatable bonds is 5. The van der Waals surface area contributed by atoms with Gasteiger partial charge in [0.2, 0.25) is 0 Å². The first-order valence-electron chi connectivity index (χ1n) is 6.79. The number of nitrogens with one attached hydrogen (secondary N) is 1. The van der Waals surface area contributed by atoms with Gasteiger partial charge in [-0.25, -0.2) is 4.98 Å². The number of hydrazine groups is 1. The smallest absolute Gasteiger partial charge is 0.0954 e. The Balaban J connectivity index is 1.74. The molecule has 2 aromatic carbocycles. The fraction of sp³-hybridized carbons (Fsp3) is 0.188. The van der Waals surface area contributed by atoms with Crippen LogP contribution in [0.5, 0.6) is 0 Å². The fourth-order valence-corrected chi connectivity index (χ4v) is 3.62. The second-order valence-corrected chi connectivity index (χ2v) is 6.53. The highest BCUT2D eigenvalue weighted by atomic mass is 35.5. The molecule has 108 valence electrons. The highest BCUT2D eigenvalue weighted by molar-refractivity contribution is 7.18. The summed E-state index contributed by atoms with van der Waals surface area (Å²) in [6, 6.07) is 16.2. The van der Waals surface area contributed by atoms with Crippen LogP contribution in [0.1, 0.15) is 10.6 Å². The van der Waals surface area contributed by atoms with Gasteiger partial charge in [0.25, 0.3) is 0 Å². The quantitative estimate of drug-likeness (QED) is 0.559. The van der Waals surface area contributed by atoms with E-state index in [0.717, 1.165) is 28.4 Å². The lowest BCUT2D eigenvalue weighted by Crippen LogP contribution is -2.38. The molecule has 0 aliphatic rings. The Bertz CT molecular complexity index is 708. The SMILES string of the molecule is NNC(Cc1cccc(Cl)c1)Cc1nc2ccccc2s1. The Morgan fingerprint density at radius 1 is 1.14 bits per heavy atom. The monoisotopic (exact) mass is 317 g/mol. The summed E-state index contributed by atoms with van der Waals surface area (Å²) < 4.78 is 1.21. The third-order valence-electron chi connectivity index (χ3n) is 3.37. The van der Waals surface area contributed by atoms with Crippen LogP contribution < -0.4 is 11.3 Å². The Morgan fingerprint density at radius 2 is 2.00 bits per heavy atom. The second-order valence-electron chi connectivity index (χ2n) is 4.98. The summed E-state index contributed by atoms with van der Waals surface area (Å²) >= 11 is 7.75. The molecular weight excluding hydrogens is 302 g/mol. The Hall–Kier alpha value is -1.46. The first kappa shape index (κ1) is 14.5. The van der Waals surface area contributed by atoms with Crippen LogP contribution in [0.3, 0.4) is 0 Å². The van der Waals surface area contributed by atoms with Crippen molar-refractivity contribution in [1.29, 1.82) is 0 Å². The largest absolute Gasteiger partial charge is 0.271 e. The van der Waals surface area contributed by atoms with Crippen LogP contribution >= 0.6 is 22.9 Å². The number of hydrogen-bond acceptors (Lipinski definition) is 4. The molecule has 5 heteroatoms. The predicted octanol–water partition coefficient (Wildman–Crippen LogP) is 3.57. The molecule has 0 spiro atoms. The van der Waals surface area contributed by atoms with E-state index in [9.17, 15) is 0 Å². The third-order valence-corrected chi connectivity index (χ3v) is 4.66. The molecule has 3 nitrogen and oxygen atoms in total. The number of para-hydroxylation sites is 1. The van der Waals surface area contributed by atoms with Crippen molar-refractivity contribution in [3.63, 3.8) is 0 Å². The minimum absolute atomic E-state index is 0.143. The Labute approximate surface area is 132 Å². The van der Waals surface area contributed by atoms with Crippen LogP contribution in [0, 0.1) is 0 Å². The van der Waals surface area contributed by atoms with Gasteiger partial charge in [-0.2, -0.15) is 0 Å². The van der Waals surface area contributed by atoms with E-state index in [1.54, 1.807) is 11.3 Å². The molecule has 3 rings (SSSR count). The van der Waals surface area contributed by atoms with Crippen molar-refractivity contribution in [1.82, 2.24) is 10.4 Å². The maximum atomic E-state index is 6.02. The highest BCUT2D eigenvalue weighted by Gasteiger charge is 2.12. The number of nitrogens with zero attached hydrogens (tertiary/aromatic N) is 1. The average molecular weight is 318 g/mol. The lowest BCUT2D eigenvalue weighted by molar-refractivity contribution is 0.522. The van der Waals surface area contributed by atoms with E-state index in [4.69, 9.17) is 17.4 Å². The van der Waals surface area contributed by atoms with Crippen LogP contribution in [0.15, 0.2) is 48.5 Å². The molecule has 1 aromatic heterocycles. The standard InChI is InChI=1S/C16H16ClN3S/c17-12-5-3-4-11(8-12)9-13(20-18)10-16-19-14-6-1-2-7-15(14)21-16/h1-8,13,20H,9-10,18H2. The Morgan fingerprint density at radius 3 is 2.76 bits per heavy atom. The first-order chi connectivity index (χ1) is 10.2. The van der Waals surface area contributed by atoms with Crippen molar-refractivity contribution in [2.45, 2.75) is 18.9 Å². The number of benzene rings is 2. The molecule has 0 fully saturated rings. The molecule has 21 heavy (non-hydrogen) atoms. The molecule has 0 bridgehead atoms. The van der Waals surface area contributed by atoms with Gasteiger partial charge >= 0.3 is 0 Å². The van der Waals surface area contributed by atoms with Gasteiger partial charge in [-0.1, -0.05) is 35.9 Å². The zero-order valence-corrected chi connectivity index (χ0v) is 13.0. The van der Waals surface area contributed by atoms with Crippen molar-refractivity contribution in [3.05, 3.63) is 64.1 Å². The van der Waals surface area contributed by atoms with Gasteiger partial charge in [-0.3, -0.25) is 11.3 Å². The molecule has 0 aliphatic carbocycles. The van der Waals surface area contributed by atoms with Crippen LogP contribution in [-0.4, -0.2) is 11.0 Å². The zero-order valence-electron chi connectivity index (χ0n) is 11.4. The second kappa shape index (κ2) is 6.54. The normalized spacial score (nSPS) is 12.7. The third kappa shape index (κ3) is 3.60. The van der Waals surface area contributed by atoms with Gasteiger partial charge in [0, 0.05) is 17.5 Å². The number of fused-ring (bicyclic) bond motifs is 1. The molecule has 3 aromatic rings. The van der Waals surface area contributed by atoms with Crippen molar-refractivity contribution in [2.75, 3.05) is 0 Å². The summed E-state index contributed by atoms with van der Waals surface area (Å²) in [4.78, 5) is 4.66. The maximum absolute atomic E-state index is 6.02. The first-order valence-corrected chi connectivity index (χ1v) is 7.99. The van der Waals surface area contributed by atoms with Crippen LogP contribution in [0.2, 0.25) is 5.02 Å². The molecule has 0 aliphatic heterocycles. The number of hydrogen-bond donors (Lipinski definition) is 2. The molecule has 3 N–H and O–H groups in total. The lowest BCUT2D eigenvalue weighted by atomic mass is 10.0. The lowest BCUT2D eigenvalue weighted by Gasteiger charge is -2.14. The van der Waals surface area contributed by atoms with Gasteiger partial charge in [0.1, 0.15) is 0 Å². The number of aromatic nitrogens is 1. The minimum atomic E-state index is 0.143. The highest BCUT2D eigenvalue weighted by Crippen LogP contribution is 2.23.